The zero-order valence-electron chi connectivity index (χ0n) is 15.8. The highest BCUT2D eigenvalue weighted by atomic mass is 127. The summed E-state index contributed by atoms with van der Waals surface area (Å²) in [6.45, 7) is 11.2. The summed E-state index contributed by atoms with van der Waals surface area (Å²) in [5.74, 6) is 3.25. The lowest BCUT2D eigenvalue weighted by Crippen LogP contribution is -2.38. The van der Waals surface area contributed by atoms with E-state index < -0.39 is 0 Å². The first kappa shape index (κ1) is 21.9. The van der Waals surface area contributed by atoms with Gasteiger partial charge in [-0.15, -0.1) is 24.0 Å². The Morgan fingerprint density at radius 1 is 1.16 bits per heavy atom. The van der Waals surface area contributed by atoms with Crippen LogP contribution in [0.4, 0.5) is 0 Å². The van der Waals surface area contributed by atoms with Crippen LogP contribution in [0.3, 0.4) is 0 Å². The van der Waals surface area contributed by atoms with Gasteiger partial charge in [-0.1, -0.05) is 6.07 Å². The molecule has 0 heterocycles. The summed E-state index contributed by atoms with van der Waals surface area (Å²) in [4.78, 5) is 4.69. The lowest BCUT2D eigenvalue weighted by molar-refractivity contribution is 0.287. The quantitative estimate of drug-likeness (QED) is 0.330. The van der Waals surface area contributed by atoms with Crippen molar-refractivity contribution >= 4 is 29.9 Å². The van der Waals surface area contributed by atoms with E-state index in [-0.39, 0.29) is 30.0 Å². The van der Waals surface area contributed by atoms with E-state index >= 15 is 0 Å². The Labute approximate surface area is 169 Å². The molecular formula is C19H32IN3O2. The van der Waals surface area contributed by atoms with Gasteiger partial charge in [-0.2, -0.15) is 0 Å². The first-order chi connectivity index (χ1) is 11.7. The van der Waals surface area contributed by atoms with Crippen LogP contribution in [0.25, 0.3) is 0 Å². The van der Waals surface area contributed by atoms with Crippen LogP contribution in [0.5, 0.6) is 11.5 Å². The lowest BCUT2D eigenvalue weighted by Gasteiger charge is -2.20. The third kappa shape index (κ3) is 7.30. The number of ether oxygens (including phenoxy) is 2. The number of benzene rings is 1. The second-order valence-corrected chi connectivity index (χ2v) is 6.10. The fourth-order valence-corrected chi connectivity index (χ4v) is 2.47. The fraction of sp³-hybridized carbons (Fsp3) is 0.632. The predicted octanol–water partition coefficient (Wildman–Crippen LogP) is 4.13. The summed E-state index contributed by atoms with van der Waals surface area (Å²) >= 11 is 0. The first-order valence-electron chi connectivity index (χ1n) is 9.12. The molecule has 25 heavy (non-hydrogen) atoms. The molecule has 0 amide bonds. The van der Waals surface area contributed by atoms with Gasteiger partial charge < -0.3 is 20.1 Å². The zero-order chi connectivity index (χ0) is 17.4. The molecule has 1 aliphatic rings. The molecule has 0 bridgehead atoms. The van der Waals surface area contributed by atoms with Crippen molar-refractivity contribution < 1.29 is 9.47 Å². The third-order valence-electron chi connectivity index (χ3n) is 3.97. The normalized spacial score (nSPS) is 15.1. The average molecular weight is 461 g/mol. The Morgan fingerprint density at radius 3 is 2.44 bits per heavy atom. The van der Waals surface area contributed by atoms with Crippen LogP contribution < -0.4 is 20.1 Å². The van der Waals surface area contributed by atoms with E-state index in [4.69, 9.17) is 9.47 Å². The van der Waals surface area contributed by atoms with Crippen molar-refractivity contribution in [1.82, 2.24) is 10.6 Å². The number of hydrogen-bond acceptors (Lipinski definition) is 3. The fourth-order valence-electron chi connectivity index (χ4n) is 2.47. The molecule has 1 unspecified atom stereocenters. The summed E-state index contributed by atoms with van der Waals surface area (Å²) in [5, 5.41) is 6.80. The smallest absolute Gasteiger partial charge is 0.191 e. The predicted molar refractivity (Wildman–Crippen MR) is 114 cm³/mol. The number of nitrogens with one attached hydrogen (secondary N) is 2. The van der Waals surface area contributed by atoms with Crippen molar-refractivity contribution in [2.75, 3.05) is 26.3 Å². The van der Waals surface area contributed by atoms with E-state index in [1.807, 2.05) is 19.9 Å². The molecule has 0 spiro atoms. The van der Waals surface area contributed by atoms with Gasteiger partial charge in [0.2, 0.25) is 0 Å². The topological polar surface area (TPSA) is 54.9 Å². The molecule has 0 aliphatic heterocycles. The van der Waals surface area contributed by atoms with E-state index in [0.717, 1.165) is 42.0 Å². The van der Waals surface area contributed by atoms with E-state index in [1.165, 1.54) is 12.8 Å². The second kappa shape index (κ2) is 11.4. The molecule has 1 saturated carbocycles. The Bertz CT molecular complexity index is 547. The lowest BCUT2D eigenvalue weighted by atomic mass is 10.1. The molecule has 0 saturated heterocycles. The van der Waals surface area contributed by atoms with Crippen LogP contribution >= 0.6 is 24.0 Å². The van der Waals surface area contributed by atoms with E-state index in [2.05, 4.69) is 41.6 Å². The molecule has 1 aliphatic carbocycles. The minimum Gasteiger partial charge on any atom is -0.490 e. The third-order valence-corrected chi connectivity index (χ3v) is 3.97. The molecule has 2 rings (SSSR count). The van der Waals surface area contributed by atoms with Crippen molar-refractivity contribution in [3.05, 3.63) is 23.8 Å². The molecule has 6 heteroatoms. The summed E-state index contributed by atoms with van der Waals surface area (Å²) in [7, 11) is 0. The van der Waals surface area contributed by atoms with Gasteiger partial charge in [-0.3, -0.25) is 4.99 Å². The summed E-state index contributed by atoms with van der Waals surface area (Å²) in [5.41, 5.74) is 1.15. The number of halogens is 1. The van der Waals surface area contributed by atoms with Gasteiger partial charge in [0.05, 0.1) is 19.3 Å². The van der Waals surface area contributed by atoms with Gasteiger partial charge in [-0.25, -0.2) is 0 Å². The molecule has 1 fully saturated rings. The Morgan fingerprint density at radius 2 is 1.84 bits per heavy atom. The summed E-state index contributed by atoms with van der Waals surface area (Å²) in [6, 6.07) is 6.25. The number of nitrogens with zero attached hydrogens (tertiary/aromatic N) is 1. The highest BCUT2D eigenvalue weighted by Gasteiger charge is 2.21. The van der Waals surface area contributed by atoms with Crippen molar-refractivity contribution in [1.29, 1.82) is 0 Å². The zero-order valence-corrected chi connectivity index (χ0v) is 18.1. The maximum absolute atomic E-state index is 5.72. The maximum Gasteiger partial charge on any atom is 0.191 e. The molecule has 0 radical (unpaired) electrons. The number of guanidine groups is 1. The van der Waals surface area contributed by atoms with Gasteiger partial charge in [0.25, 0.3) is 0 Å². The number of aliphatic imine (C=N–C) groups is 1. The molecule has 1 aromatic rings. The molecular weight excluding hydrogens is 429 g/mol. The van der Waals surface area contributed by atoms with Crippen LogP contribution in [0.1, 0.15) is 52.1 Å². The minimum atomic E-state index is 0. The molecule has 0 aromatic heterocycles. The minimum absolute atomic E-state index is 0. The monoisotopic (exact) mass is 461 g/mol. The molecule has 5 nitrogen and oxygen atoms in total. The van der Waals surface area contributed by atoms with Crippen molar-refractivity contribution in [3.63, 3.8) is 0 Å². The number of hydrogen-bond donors (Lipinski definition) is 2. The largest absolute Gasteiger partial charge is 0.490 e. The maximum atomic E-state index is 5.72. The van der Waals surface area contributed by atoms with Crippen molar-refractivity contribution in [3.8, 4) is 11.5 Å². The molecule has 1 atom stereocenters. The van der Waals surface area contributed by atoms with Crippen LogP contribution in [0, 0.1) is 5.92 Å². The van der Waals surface area contributed by atoms with Gasteiger partial charge in [-0.05, 0) is 64.2 Å². The Balaban J connectivity index is 0.00000312. The molecule has 2 N–H and O–H groups in total. The van der Waals surface area contributed by atoms with Crippen LogP contribution in [-0.4, -0.2) is 32.3 Å². The number of rotatable bonds is 9. The van der Waals surface area contributed by atoms with E-state index in [0.29, 0.717) is 13.2 Å². The summed E-state index contributed by atoms with van der Waals surface area (Å²) < 4.78 is 11.4. The average Bonchev–Trinajstić information content (AvgIpc) is 3.39. The van der Waals surface area contributed by atoms with E-state index in [1.54, 1.807) is 0 Å². The molecule has 1 aromatic carbocycles. The van der Waals surface area contributed by atoms with Crippen LogP contribution in [0.2, 0.25) is 0 Å². The van der Waals surface area contributed by atoms with Crippen LogP contribution in [0.15, 0.2) is 23.2 Å². The first-order valence-corrected chi connectivity index (χ1v) is 9.12. The van der Waals surface area contributed by atoms with Crippen LogP contribution in [-0.2, 0) is 0 Å². The van der Waals surface area contributed by atoms with E-state index in [9.17, 15) is 0 Å². The van der Waals surface area contributed by atoms with Gasteiger partial charge >= 0.3 is 0 Å². The Hall–Kier alpha value is -1.18. The van der Waals surface area contributed by atoms with Gasteiger partial charge in [0, 0.05) is 13.1 Å². The standard InChI is InChI=1S/C19H31N3O2.HI/c1-5-20-19(21-13-15-8-9-15)22-14(4)16-10-11-17(23-6-2)18(12-16)24-7-3;/h10-12,14-15H,5-9,13H2,1-4H3,(H2,20,21,22);1H. The highest BCUT2D eigenvalue weighted by Crippen LogP contribution is 2.31. The van der Waals surface area contributed by atoms with Crippen molar-refractivity contribution in [2.45, 2.75) is 46.6 Å². The highest BCUT2D eigenvalue weighted by molar-refractivity contribution is 14.0. The summed E-state index contributed by atoms with van der Waals surface area (Å²) in [6.07, 6.45) is 2.63. The molecule has 142 valence electrons. The SMILES string of the molecule is CCNC(=NCC1CC1)NC(C)c1ccc(OCC)c(OCC)c1.I. The van der Waals surface area contributed by atoms with Crippen molar-refractivity contribution in [2.24, 2.45) is 10.9 Å². The van der Waals surface area contributed by atoms with Gasteiger partial charge in [0.15, 0.2) is 17.5 Å². The Kier molecular flexibility index (Phi) is 10.0. The van der Waals surface area contributed by atoms with Gasteiger partial charge in [0.1, 0.15) is 0 Å². The second-order valence-electron chi connectivity index (χ2n) is 6.10.